The van der Waals surface area contributed by atoms with Crippen LogP contribution in [-0.2, 0) is 13.5 Å². The van der Waals surface area contributed by atoms with Crippen LogP contribution in [0, 0.1) is 13.8 Å². The van der Waals surface area contributed by atoms with Crippen LogP contribution < -0.4 is 10.6 Å². The lowest BCUT2D eigenvalue weighted by molar-refractivity contribution is 0.231. The van der Waals surface area contributed by atoms with Crippen molar-refractivity contribution in [3.8, 4) is 0 Å². The van der Waals surface area contributed by atoms with E-state index in [1.165, 1.54) is 11.3 Å². The number of aliphatic imine (C=N–C) groups is 1. The van der Waals surface area contributed by atoms with Gasteiger partial charge in [-0.2, -0.15) is 5.10 Å². The Bertz CT molecular complexity index is 536. The van der Waals surface area contributed by atoms with Gasteiger partial charge in [0.25, 0.3) is 0 Å². The van der Waals surface area contributed by atoms with Gasteiger partial charge in [-0.05, 0) is 52.8 Å². The lowest BCUT2D eigenvalue weighted by Gasteiger charge is -2.27. The number of aryl methyl sites for hydroxylation is 2. The maximum Gasteiger partial charge on any atom is 0.191 e. The quantitative estimate of drug-likeness (QED) is 0.353. The molecule has 1 rings (SSSR count). The van der Waals surface area contributed by atoms with Crippen LogP contribution in [0.5, 0.6) is 0 Å². The average molecular weight is 464 g/mol. The number of aromatic nitrogens is 2. The SMILES string of the molecule is CCN(CC)C(C)CNC(=NC)NC(C)Cc1c(C)nn(C)c1C.I. The van der Waals surface area contributed by atoms with E-state index in [-0.39, 0.29) is 24.0 Å². The number of guanidine groups is 1. The lowest BCUT2D eigenvalue weighted by atomic mass is 10.1. The number of hydrogen-bond acceptors (Lipinski definition) is 3. The molecule has 0 aliphatic carbocycles. The van der Waals surface area contributed by atoms with Gasteiger partial charge in [0, 0.05) is 38.4 Å². The van der Waals surface area contributed by atoms with E-state index in [2.05, 4.69) is 67.2 Å². The number of hydrogen-bond donors (Lipinski definition) is 2. The van der Waals surface area contributed by atoms with E-state index in [1.807, 2.05) is 18.8 Å². The molecule has 1 aromatic heterocycles. The first-order valence-electron chi connectivity index (χ1n) is 9.04. The molecule has 0 aliphatic rings. The molecule has 0 bridgehead atoms. The third-order valence-electron chi connectivity index (χ3n) is 4.78. The van der Waals surface area contributed by atoms with Crippen LogP contribution in [0.2, 0.25) is 0 Å². The number of nitrogens with zero attached hydrogens (tertiary/aromatic N) is 4. The first-order chi connectivity index (χ1) is 11.3. The molecule has 146 valence electrons. The second kappa shape index (κ2) is 11.7. The van der Waals surface area contributed by atoms with Crippen molar-refractivity contribution < 1.29 is 0 Å². The number of likely N-dealkylation sites (N-methyl/N-ethyl adjacent to an activating group) is 1. The maximum atomic E-state index is 4.50. The number of rotatable bonds is 8. The second-order valence-electron chi connectivity index (χ2n) is 6.55. The van der Waals surface area contributed by atoms with Crippen LogP contribution in [0.25, 0.3) is 0 Å². The minimum absolute atomic E-state index is 0. The molecule has 0 aliphatic heterocycles. The van der Waals surface area contributed by atoms with Gasteiger partial charge in [0.05, 0.1) is 5.69 Å². The summed E-state index contributed by atoms with van der Waals surface area (Å²) < 4.78 is 1.95. The van der Waals surface area contributed by atoms with Gasteiger partial charge in [-0.1, -0.05) is 13.8 Å². The van der Waals surface area contributed by atoms with Crippen LogP contribution in [-0.4, -0.2) is 59.4 Å². The van der Waals surface area contributed by atoms with Gasteiger partial charge in [-0.25, -0.2) is 0 Å². The summed E-state index contributed by atoms with van der Waals surface area (Å²) in [6.45, 7) is 16.1. The fourth-order valence-corrected chi connectivity index (χ4v) is 3.12. The van der Waals surface area contributed by atoms with E-state index >= 15 is 0 Å². The number of halogens is 1. The highest BCUT2D eigenvalue weighted by Crippen LogP contribution is 2.14. The Morgan fingerprint density at radius 2 is 1.84 bits per heavy atom. The Labute approximate surface area is 170 Å². The zero-order valence-corrected chi connectivity index (χ0v) is 19.5. The van der Waals surface area contributed by atoms with Gasteiger partial charge in [-0.15, -0.1) is 24.0 Å². The monoisotopic (exact) mass is 464 g/mol. The average Bonchev–Trinajstić information content (AvgIpc) is 2.78. The molecule has 2 N–H and O–H groups in total. The van der Waals surface area contributed by atoms with E-state index < -0.39 is 0 Å². The van der Waals surface area contributed by atoms with Gasteiger partial charge in [0.1, 0.15) is 0 Å². The largest absolute Gasteiger partial charge is 0.355 e. The zero-order chi connectivity index (χ0) is 18.3. The van der Waals surface area contributed by atoms with Crippen molar-refractivity contribution in [3.05, 3.63) is 17.0 Å². The van der Waals surface area contributed by atoms with E-state index in [0.29, 0.717) is 12.1 Å². The van der Waals surface area contributed by atoms with Crippen LogP contribution in [0.15, 0.2) is 4.99 Å². The second-order valence-corrected chi connectivity index (χ2v) is 6.55. The first-order valence-corrected chi connectivity index (χ1v) is 9.04. The molecule has 25 heavy (non-hydrogen) atoms. The van der Waals surface area contributed by atoms with Gasteiger partial charge < -0.3 is 10.6 Å². The summed E-state index contributed by atoms with van der Waals surface area (Å²) in [5.74, 6) is 0.862. The summed E-state index contributed by atoms with van der Waals surface area (Å²) in [5, 5.41) is 11.4. The highest BCUT2D eigenvalue weighted by atomic mass is 127. The fraction of sp³-hybridized carbons (Fsp3) is 0.778. The molecule has 0 saturated carbocycles. The molecule has 2 unspecified atom stereocenters. The van der Waals surface area contributed by atoms with Gasteiger partial charge in [0.2, 0.25) is 0 Å². The molecule has 1 heterocycles. The summed E-state index contributed by atoms with van der Waals surface area (Å²) in [6, 6.07) is 0.776. The fourth-order valence-electron chi connectivity index (χ4n) is 3.12. The smallest absolute Gasteiger partial charge is 0.191 e. The summed E-state index contributed by atoms with van der Waals surface area (Å²) in [7, 11) is 3.82. The molecule has 1 aromatic rings. The molecule has 0 radical (unpaired) electrons. The molecule has 0 spiro atoms. The molecule has 7 heteroatoms. The van der Waals surface area contributed by atoms with E-state index in [4.69, 9.17) is 0 Å². The van der Waals surface area contributed by atoms with Crippen LogP contribution >= 0.6 is 24.0 Å². The van der Waals surface area contributed by atoms with Gasteiger partial charge in [-0.3, -0.25) is 14.6 Å². The van der Waals surface area contributed by atoms with Crippen molar-refractivity contribution in [1.29, 1.82) is 0 Å². The maximum absolute atomic E-state index is 4.50. The minimum atomic E-state index is 0. The van der Waals surface area contributed by atoms with Crippen molar-refractivity contribution in [2.24, 2.45) is 12.0 Å². The van der Waals surface area contributed by atoms with E-state index in [0.717, 1.165) is 37.7 Å². The summed E-state index contributed by atoms with van der Waals surface area (Å²) >= 11 is 0. The molecule has 0 fully saturated rings. The first kappa shape index (κ1) is 24.2. The topological polar surface area (TPSA) is 57.5 Å². The molecular weight excluding hydrogens is 427 g/mol. The molecular formula is C18H37IN6. The van der Waals surface area contributed by atoms with Gasteiger partial charge >= 0.3 is 0 Å². The highest BCUT2D eigenvalue weighted by molar-refractivity contribution is 14.0. The van der Waals surface area contributed by atoms with Crippen molar-refractivity contribution >= 4 is 29.9 Å². The third-order valence-corrected chi connectivity index (χ3v) is 4.78. The molecule has 2 atom stereocenters. The number of nitrogens with one attached hydrogen (secondary N) is 2. The van der Waals surface area contributed by atoms with Crippen molar-refractivity contribution in [2.75, 3.05) is 26.7 Å². The lowest BCUT2D eigenvalue weighted by Crippen LogP contribution is -2.48. The predicted molar refractivity (Wildman–Crippen MR) is 118 cm³/mol. The minimum Gasteiger partial charge on any atom is -0.355 e. The van der Waals surface area contributed by atoms with E-state index in [9.17, 15) is 0 Å². The Hall–Kier alpha value is -0.830. The Balaban J connectivity index is 0.00000576. The van der Waals surface area contributed by atoms with Gasteiger partial charge in [0.15, 0.2) is 5.96 Å². The van der Waals surface area contributed by atoms with Crippen LogP contribution in [0.4, 0.5) is 0 Å². The Morgan fingerprint density at radius 1 is 1.24 bits per heavy atom. The molecule has 0 amide bonds. The molecule has 6 nitrogen and oxygen atoms in total. The van der Waals surface area contributed by atoms with Crippen molar-refractivity contribution in [3.63, 3.8) is 0 Å². The Morgan fingerprint density at radius 3 is 2.28 bits per heavy atom. The van der Waals surface area contributed by atoms with Crippen molar-refractivity contribution in [1.82, 2.24) is 25.3 Å². The zero-order valence-electron chi connectivity index (χ0n) is 17.2. The summed E-state index contributed by atoms with van der Waals surface area (Å²) in [5.41, 5.74) is 3.67. The molecule has 0 saturated heterocycles. The van der Waals surface area contributed by atoms with E-state index in [1.54, 1.807) is 0 Å². The predicted octanol–water partition coefficient (Wildman–Crippen LogP) is 2.48. The summed E-state index contributed by atoms with van der Waals surface area (Å²) in [4.78, 5) is 6.79. The summed E-state index contributed by atoms with van der Waals surface area (Å²) in [6.07, 6.45) is 0.942. The third kappa shape index (κ3) is 7.13. The highest BCUT2D eigenvalue weighted by Gasteiger charge is 2.15. The van der Waals surface area contributed by atoms with Crippen LogP contribution in [0.3, 0.4) is 0 Å². The molecule has 0 aromatic carbocycles. The normalized spacial score (nSPS) is 14.2. The van der Waals surface area contributed by atoms with Crippen molar-refractivity contribution in [2.45, 2.75) is 60.0 Å². The van der Waals surface area contributed by atoms with Crippen LogP contribution in [0.1, 0.15) is 44.6 Å². The Kier molecular flexibility index (Phi) is 11.3. The standard InChI is InChI=1S/C18H36N6.HI/c1-9-24(10-2)14(4)12-20-18(19-7)21-13(3)11-17-15(5)22-23(8)16(17)6;/h13-14H,9-12H2,1-8H3,(H2,19,20,21);1H.